The Labute approximate surface area is 134 Å². The summed E-state index contributed by atoms with van der Waals surface area (Å²) in [6.07, 6.45) is 0. The van der Waals surface area contributed by atoms with Crippen molar-refractivity contribution in [1.82, 2.24) is 4.90 Å². The lowest BCUT2D eigenvalue weighted by Crippen LogP contribution is -2.28. The highest BCUT2D eigenvalue weighted by Gasteiger charge is 2.17. The van der Waals surface area contributed by atoms with Gasteiger partial charge in [-0.25, -0.2) is 0 Å². The van der Waals surface area contributed by atoms with Crippen molar-refractivity contribution in [3.8, 4) is 0 Å². The number of carbonyl (C=O) groups excluding carboxylic acids is 1. The van der Waals surface area contributed by atoms with Crippen LogP contribution in [0.3, 0.4) is 0 Å². The van der Waals surface area contributed by atoms with Crippen LogP contribution in [-0.4, -0.2) is 24.3 Å². The average molecular weight is 346 g/mol. The van der Waals surface area contributed by atoms with E-state index in [1.807, 2.05) is 62.5 Å². The Hall–Kier alpha value is -1.45. The van der Waals surface area contributed by atoms with Crippen LogP contribution >= 0.6 is 15.9 Å². The average Bonchev–Trinajstić information content (AvgIpc) is 2.49. The van der Waals surface area contributed by atoms with Crippen LogP contribution < -0.4 is 0 Å². The number of halogens is 1. The fourth-order valence-corrected chi connectivity index (χ4v) is 2.83. The Morgan fingerprint density at radius 1 is 1.10 bits per heavy atom. The van der Waals surface area contributed by atoms with Gasteiger partial charge in [-0.2, -0.15) is 0 Å². The minimum Gasteiger partial charge on any atom is -0.301 e. The van der Waals surface area contributed by atoms with Gasteiger partial charge in [0.15, 0.2) is 5.78 Å². The summed E-state index contributed by atoms with van der Waals surface area (Å²) in [4.78, 5) is 14.5. The van der Waals surface area contributed by atoms with Crippen molar-refractivity contribution >= 4 is 21.7 Å². The van der Waals surface area contributed by atoms with E-state index in [2.05, 4.69) is 26.9 Å². The van der Waals surface area contributed by atoms with Crippen molar-refractivity contribution in [2.24, 2.45) is 5.92 Å². The van der Waals surface area contributed by atoms with Crippen LogP contribution in [-0.2, 0) is 6.54 Å². The molecule has 2 nitrogen and oxygen atoms in total. The largest absolute Gasteiger partial charge is 0.301 e. The van der Waals surface area contributed by atoms with E-state index in [0.717, 1.165) is 23.1 Å². The number of Topliss-reactive ketones (excluding diaryl/α,β-unsaturated/α-hetero) is 1. The summed E-state index contributed by atoms with van der Waals surface area (Å²) in [5, 5.41) is 0. The van der Waals surface area contributed by atoms with Crippen LogP contribution in [0.2, 0.25) is 0 Å². The molecule has 0 N–H and O–H groups in total. The molecule has 0 saturated heterocycles. The minimum absolute atomic E-state index is 0.0140. The van der Waals surface area contributed by atoms with Crippen LogP contribution in [0.5, 0.6) is 0 Å². The van der Waals surface area contributed by atoms with Crippen molar-refractivity contribution in [2.45, 2.75) is 13.5 Å². The predicted molar refractivity (Wildman–Crippen MR) is 90.4 cm³/mol. The molecule has 0 bridgehead atoms. The normalized spacial score (nSPS) is 12.4. The molecule has 0 aromatic heterocycles. The number of benzene rings is 2. The first-order valence-corrected chi connectivity index (χ1v) is 7.88. The zero-order chi connectivity index (χ0) is 15.2. The van der Waals surface area contributed by atoms with Gasteiger partial charge in [-0.15, -0.1) is 0 Å². The molecular weight excluding hydrogens is 326 g/mol. The molecule has 0 aliphatic rings. The summed E-state index contributed by atoms with van der Waals surface area (Å²) < 4.78 is 1.11. The van der Waals surface area contributed by atoms with Crippen molar-refractivity contribution in [1.29, 1.82) is 0 Å². The first-order chi connectivity index (χ1) is 10.1. The third kappa shape index (κ3) is 4.51. The van der Waals surface area contributed by atoms with Gasteiger partial charge in [0.1, 0.15) is 0 Å². The third-order valence-electron chi connectivity index (χ3n) is 3.49. The van der Waals surface area contributed by atoms with Crippen molar-refractivity contribution < 1.29 is 4.79 Å². The second-order valence-electron chi connectivity index (χ2n) is 5.42. The molecule has 2 rings (SSSR count). The molecule has 3 heteroatoms. The standard InChI is InChI=1S/C18H20BrNO/c1-14(18(21)15-8-4-3-5-9-15)12-20(2)13-16-10-6-7-11-17(16)19/h3-11,14H,12-13H2,1-2H3. The van der Waals surface area contributed by atoms with Gasteiger partial charge in [0.25, 0.3) is 0 Å². The molecule has 0 heterocycles. The Balaban J connectivity index is 1.95. The van der Waals surface area contributed by atoms with Crippen LogP contribution in [0.15, 0.2) is 59.1 Å². The van der Waals surface area contributed by atoms with Gasteiger partial charge in [0, 0.05) is 29.0 Å². The first-order valence-electron chi connectivity index (χ1n) is 7.09. The first kappa shape index (κ1) is 15.9. The molecule has 2 aromatic rings. The zero-order valence-electron chi connectivity index (χ0n) is 12.4. The molecule has 0 aliphatic heterocycles. The maximum Gasteiger partial charge on any atom is 0.166 e. The van der Waals surface area contributed by atoms with Crippen LogP contribution in [0.4, 0.5) is 0 Å². The topological polar surface area (TPSA) is 20.3 Å². The van der Waals surface area contributed by atoms with E-state index in [1.165, 1.54) is 5.56 Å². The second-order valence-corrected chi connectivity index (χ2v) is 6.27. The van der Waals surface area contributed by atoms with E-state index in [0.29, 0.717) is 0 Å². The molecule has 0 spiro atoms. The van der Waals surface area contributed by atoms with Gasteiger partial charge in [0.2, 0.25) is 0 Å². The van der Waals surface area contributed by atoms with E-state index in [9.17, 15) is 4.79 Å². The zero-order valence-corrected chi connectivity index (χ0v) is 14.0. The van der Waals surface area contributed by atoms with E-state index >= 15 is 0 Å². The number of rotatable bonds is 6. The van der Waals surface area contributed by atoms with Crippen LogP contribution in [0.1, 0.15) is 22.8 Å². The maximum absolute atomic E-state index is 12.4. The summed E-state index contributed by atoms with van der Waals surface area (Å²) in [5.74, 6) is 0.189. The quantitative estimate of drug-likeness (QED) is 0.723. The molecule has 0 saturated carbocycles. The Kier molecular flexibility index (Phi) is 5.71. The molecule has 1 unspecified atom stereocenters. The lowest BCUT2D eigenvalue weighted by Gasteiger charge is -2.21. The van der Waals surface area contributed by atoms with Crippen molar-refractivity contribution in [2.75, 3.05) is 13.6 Å². The fraction of sp³-hybridized carbons (Fsp3) is 0.278. The number of nitrogens with zero attached hydrogens (tertiary/aromatic N) is 1. The number of hydrogen-bond acceptors (Lipinski definition) is 2. The van der Waals surface area contributed by atoms with Crippen LogP contribution in [0, 0.1) is 5.92 Å². The molecule has 110 valence electrons. The minimum atomic E-state index is -0.0140. The monoisotopic (exact) mass is 345 g/mol. The van der Waals surface area contributed by atoms with E-state index in [4.69, 9.17) is 0 Å². The van der Waals surface area contributed by atoms with Gasteiger partial charge in [-0.1, -0.05) is 71.4 Å². The number of ketones is 1. The lowest BCUT2D eigenvalue weighted by molar-refractivity contribution is 0.0901. The third-order valence-corrected chi connectivity index (χ3v) is 4.26. The molecule has 1 atom stereocenters. The number of hydrogen-bond donors (Lipinski definition) is 0. The van der Waals surface area contributed by atoms with Gasteiger partial charge in [0.05, 0.1) is 0 Å². The van der Waals surface area contributed by atoms with E-state index in [-0.39, 0.29) is 11.7 Å². The maximum atomic E-state index is 12.4. The fourth-order valence-electron chi connectivity index (χ4n) is 2.42. The lowest BCUT2D eigenvalue weighted by atomic mass is 9.99. The summed E-state index contributed by atoms with van der Waals surface area (Å²) in [6, 6.07) is 17.7. The molecule has 2 aromatic carbocycles. The molecule has 0 aliphatic carbocycles. The summed E-state index contributed by atoms with van der Waals surface area (Å²) in [7, 11) is 2.05. The van der Waals surface area contributed by atoms with Gasteiger partial charge in [-0.05, 0) is 18.7 Å². The molecule has 0 radical (unpaired) electrons. The smallest absolute Gasteiger partial charge is 0.166 e. The summed E-state index contributed by atoms with van der Waals surface area (Å²) in [5.41, 5.74) is 2.03. The Morgan fingerprint density at radius 2 is 1.71 bits per heavy atom. The van der Waals surface area contributed by atoms with Crippen molar-refractivity contribution in [3.05, 3.63) is 70.2 Å². The SMILES string of the molecule is CC(CN(C)Cc1ccccc1Br)C(=O)c1ccccc1. The van der Waals surface area contributed by atoms with Crippen molar-refractivity contribution in [3.63, 3.8) is 0 Å². The highest BCUT2D eigenvalue weighted by Crippen LogP contribution is 2.18. The Morgan fingerprint density at radius 3 is 2.38 bits per heavy atom. The van der Waals surface area contributed by atoms with Gasteiger partial charge < -0.3 is 4.90 Å². The van der Waals surface area contributed by atoms with E-state index < -0.39 is 0 Å². The van der Waals surface area contributed by atoms with Gasteiger partial charge >= 0.3 is 0 Å². The number of carbonyl (C=O) groups is 1. The summed E-state index contributed by atoms with van der Waals surface area (Å²) in [6.45, 7) is 3.56. The van der Waals surface area contributed by atoms with E-state index in [1.54, 1.807) is 0 Å². The van der Waals surface area contributed by atoms with Crippen LogP contribution in [0.25, 0.3) is 0 Å². The Bertz CT molecular complexity index is 597. The molecule has 0 amide bonds. The molecular formula is C18H20BrNO. The van der Waals surface area contributed by atoms with Gasteiger partial charge in [-0.3, -0.25) is 4.79 Å². The molecule has 0 fully saturated rings. The second kappa shape index (κ2) is 7.53. The highest BCUT2D eigenvalue weighted by atomic mass is 79.9. The highest BCUT2D eigenvalue weighted by molar-refractivity contribution is 9.10. The predicted octanol–water partition coefficient (Wildman–Crippen LogP) is 4.40. The summed E-state index contributed by atoms with van der Waals surface area (Å²) >= 11 is 3.56. The molecule has 21 heavy (non-hydrogen) atoms.